The van der Waals surface area contributed by atoms with Gasteiger partial charge in [0.05, 0.1) is 17.6 Å². The molecule has 17 heavy (non-hydrogen) atoms. The van der Waals surface area contributed by atoms with Gasteiger partial charge in [0.15, 0.2) is 0 Å². The molecule has 1 aromatic heterocycles. The van der Waals surface area contributed by atoms with Gasteiger partial charge >= 0.3 is 0 Å². The minimum atomic E-state index is -0.475. The molecule has 1 atom stereocenters. The summed E-state index contributed by atoms with van der Waals surface area (Å²) in [5.74, 6) is 0.509. The lowest BCUT2D eigenvalue weighted by molar-refractivity contribution is -0.139. The smallest absolute Gasteiger partial charge is 0.240 e. The van der Waals surface area contributed by atoms with Crippen LogP contribution < -0.4 is 4.74 Å². The molecule has 1 fully saturated rings. The first-order chi connectivity index (χ1) is 8.08. The third kappa shape index (κ3) is 2.90. The highest BCUT2D eigenvalue weighted by Gasteiger charge is 2.34. The van der Waals surface area contributed by atoms with Gasteiger partial charge in [-0.3, -0.25) is 4.79 Å². The van der Waals surface area contributed by atoms with E-state index in [0.29, 0.717) is 19.0 Å². The predicted molar refractivity (Wildman–Crippen MR) is 68.2 cm³/mol. The molecule has 6 heteroatoms. The Kier molecular flexibility index (Phi) is 3.89. The molecule has 1 saturated heterocycles. The quantitative estimate of drug-likeness (QED) is 0.801. The summed E-state index contributed by atoms with van der Waals surface area (Å²) in [5, 5.41) is -0.475. The molecule has 1 aromatic rings. The fourth-order valence-corrected chi connectivity index (χ4v) is 2.05. The SMILES string of the molecule is CC(Cl)C(=O)N1CC(Oc2ncccc2Br)C1. The molecule has 0 aromatic carbocycles. The second-order valence-corrected chi connectivity index (χ2v) is 5.40. The zero-order chi connectivity index (χ0) is 12.4. The highest BCUT2D eigenvalue weighted by molar-refractivity contribution is 9.10. The molecular weight excluding hydrogens is 307 g/mol. The fourth-order valence-electron chi connectivity index (χ4n) is 1.56. The molecule has 1 amide bonds. The lowest BCUT2D eigenvalue weighted by Gasteiger charge is -2.39. The zero-order valence-corrected chi connectivity index (χ0v) is 11.6. The number of hydrogen-bond donors (Lipinski definition) is 0. The lowest BCUT2D eigenvalue weighted by Crippen LogP contribution is -2.57. The Balaban J connectivity index is 1.86. The van der Waals surface area contributed by atoms with Crippen molar-refractivity contribution in [2.75, 3.05) is 13.1 Å². The van der Waals surface area contributed by atoms with Gasteiger partial charge < -0.3 is 9.64 Å². The summed E-state index contributed by atoms with van der Waals surface area (Å²) < 4.78 is 6.46. The van der Waals surface area contributed by atoms with Crippen molar-refractivity contribution < 1.29 is 9.53 Å². The molecule has 2 heterocycles. The predicted octanol–water partition coefficient (Wildman–Crippen LogP) is 2.06. The van der Waals surface area contributed by atoms with Gasteiger partial charge in [-0.2, -0.15) is 0 Å². The van der Waals surface area contributed by atoms with Crippen molar-refractivity contribution in [3.8, 4) is 5.88 Å². The Hall–Kier alpha value is -0.810. The number of carbonyl (C=O) groups excluding carboxylic acids is 1. The van der Waals surface area contributed by atoms with Crippen molar-refractivity contribution in [1.29, 1.82) is 0 Å². The first kappa shape index (κ1) is 12.6. The van der Waals surface area contributed by atoms with Crippen LogP contribution in [-0.2, 0) is 4.79 Å². The van der Waals surface area contributed by atoms with E-state index in [9.17, 15) is 4.79 Å². The molecule has 1 aliphatic heterocycles. The molecule has 1 aliphatic rings. The third-order valence-corrected chi connectivity index (χ3v) is 3.29. The molecule has 0 spiro atoms. The van der Waals surface area contributed by atoms with Gasteiger partial charge in [0.1, 0.15) is 11.5 Å². The molecule has 0 saturated carbocycles. The summed E-state index contributed by atoms with van der Waals surface area (Å²) in [5.41, 5.74) is 0. The first-order valence-electron chi connectivity index (χ1n) is 5.28. The molecule has 0 aliphatic carbocycles. The van der Waals surface area contributed by atoms with Gasteiger partial charge in [-0.15, -0.1) is 11.6 Å². The van der Waals surface area contributed by atoms with E-state index in [-0.39, 0.29) is 12.0 Å². The van der Waals surface area contributed by atoms with Crippen molar-refractivity contribution in [1.82, 2.24) is 9.88 Å². The van der Waals surface area contributed by atoms with Gasteiger partial charge in [-0.1, -0.05) is 0 Å². The molecular formula is C11H12BrClN2O2. The van der Waals surface area contributed by atoms with Crippen LogP contribution in [0.3, 0.4) is 0 Å². The average Bonchev–Trinajstić information content (AvgIpc) is 2.24. The number of aromatic nitrogens is 1. The van der Waals surface area contributed by atoms with Crippen LogP contribution in [0.5, 0.6) is 5.88 Å². The number of pyridine rings is 1. The maximum Gasteiger partial charge on any atom is 0.240 e. The van der Waals surface area contributed by atoms with Crippen molar-refractivity contribution in [2.24, 2.45) is 0 Å². The topological polar surface area (TPSA) is 42.4 Å². The summed E-state index contributed by atoms with van der Waals surface area (Å²) in [6.07, 6.45) is 1.67. The van der Waals surface area contributed by atoms with E-state index in [1.165, 1.54) is 0 Å². The second-order valence-electron chi connectivity index (χ2n) is 3.89. The highest BCUT2D eigenvalue weighted by Crippen LogP contribution is 2.24. The van der Waals surface area contributed by atoms with Crippen LogP contribution in [-0.4, -0.2) is 40.4 Å². The van der Waals surface area contributed by atoms with E-state index < -0.39 is 5.38 Å². The number of alkyl halides is 1. The van der Waals surface area contributed by atoms with E-state index in [1.807, 2.05) is 12.1 Å². The van der Waals surface area contributed by atoms with E-state index >= 15 is 0 Å². The van der Waals surface area contributed by atoms with Crippen molar-refractivity contribution >= 4 is 33.4 Å². The van der Waals surface area contributed by atoms with Crippen molar-refractivity contribution in [3.63, 3.8) is 0 Å². The summed E-state index contributed by atoms with van der Waals surface area (Å²) in [6.45, 7) is 2.81. The fraction of sp³-hybridized carbons (Fsp3) is 0.455. The van der Waals surface area contributed by atoms with Crippen LogP contribution in [0.25, 0.3) is 0 Å². The lowest BCUT2D eigenvalue weighted by atomic mass is 10.1. The zero-order valence-electron chi connectivity index (χ0n) is 9.27. The average molecular weight is 320 g/mol. The monoisotopic (exact) mass is 318 g/mol. The number of rotatable bonds is 3. The van der Waals surface area contributed by atoms with Gasteiger partial charge in [0.2, 0.25) is 11.8 Å². The first-order valence-corrected chi connectivity index (χ1v) is 6.51. The van der Waals surface area contributed by atoms with E-state index in [0.717, 1.165) is 4.47 Å². The minimum absolute atomic E-state index is 0.000525. The summed E-state index contributed by atoms with van der Waals surface area (Å²) in [7, 11) is 0. The van der Waals surface area contributed by atoms with Crippen LogP contribution in [0.4, 0.5) is 0 Å². The van der Waals surface area contributed by atoms with Crippen LogP contribution >= 0.6 is 27.5 Å². The third-order valence-electron chi connectivity index (χ3n) is 2.50. The molecule has 2 rings (SSSR count). The maximum absolute atomic E-state index is 11.5. The molecule has 92 valence electrons. The number of carbonyl (C=O) groups is 1. The number of hydrogen-bond acceptors (Lipinski definition) is 3. The summed E-state index contributed by atoms with van der Waals surface area (Å²) in [6, 6.07) is 3.69. The van der Waals surface area contributed by atoms with Crippen LogP contribution in [0.2, 0.25) is 0 Å². The van der Waals surface area contributed by atoms with Crippen molar-refractivity contribution in [3.05, 3.63) is 22.8 Å². The molecule has 0 bridgehead atoms. The van der Waals surface area contributed by atoms with Crippen LogP contribution in [0.1, 0.15) is 6.92 Å². The minimum Gasteiger partial charge on any atom is -0.470 e. The number of amides is 1. The number of ether oxygens (including phenoxy) is 1. The van der Waals surface area contributed by atoms with Gasteiger partial charge in [-0.25, -0.2) is 4.98 Å². The van der Waals surface area contributed by atoms with E-state index in [1.54, 1.807) is 18.0 Å². The Morgan fingerprint density at radius 2 is 2.41 bits per heavy atom. The largest absolute Gasteiger partial charge is 0.470 e. The van der Waals surface area contributed by atoms with Crippen molar-refractivity contribution in [2.45, 2.75) is 18.4 Å². The van der Waals surface area contributed by atoms with Gasteiger partial charge in [-0.05, 0) is 35.0 Å². The highest BCUT2D eigenvalue weighted by atomic mass is 79.9. The number of likely N-dealkylation sites (tertiary alicyclic amines) is 1. The van der Waals surface area contributed by atoms with Gasteiger partial charge in [0.25, 0.3) is 0 Å². The Labute approximate surface area is 113 Å². The van der Waals surface area contributed by atoms with Gasteiger partial charge in [0, 0.05) is 6.20 Å². The Bertz CT molecular complexity index is 422. The van der Waals surface area contributed by atoms with Crippen LogP contribution in [0.15, 0.2) is 22.8 Å². The van der Waals surface area contributed by atoms with E-state index in [2.05, 4.69) is 20.9 Å². The number of halogens is 2. The standard InChI is InChI=1S/C11H12BrClN2O2/c1-7(13)11(16)15-5-8(6-15)17-10-9(12)3-2-4-14-10/h2-4,7-8H,5-6H2,1H3. The van der Waals surface area contributed by atoms with E-state index in [4.69, 9.17) is 16.3 Å². The maximum atomic E-state index is 11.5. The van der Waals surface area contributed by atoms with Crippen LogP contribution in [0, 0.1) is 0 Å². The molecule has 1 unspecified atom stereocenters. The number of nitrogens with zero attached hydrogens (tertiary/aromatic N) is 2. The summed E-state index contributed by atoms with van der Waals surface area (Å²) >= 11 is 9.07. The molecule has 4 nitrogen and oxygen atoms in total. The molecule has 0 radical (unpaired) electrons. The second kappa shape index (κ2) is 5.23. The Morgan fingerprint density at radius 1 is 1.71 bits per heavy atom. The normalized spacial score (nSPS) is 17.5. The Morgan fingerprint density at radius 3 is 3.00 bits per heavy atom. The molecule has 0 N–H and O–H groups in total. The summed E-state index contributed by atoms with van der Waals surface area (Å²) in [4.78, 5) is 17.3.